The Morgan fingerprint density at radius 3 is 2.52 bits per heavy atom. The quantitative estimate of drug-likeness (QED) is 0.816. The molecule has 0 spiro atoms. The number of hydrogen-bond donors (Lipinski definition) is 1. The van der Waals surface area contributed by atoms with Gasteiger partial charge in [0.15, 0.2) is 0 Å². The first-order valence-electron chi connectivity index (χ1n) is 6.91. The highest BCUT2D eigenvalue weighted by atomic mass is 35.5. The molecule has 0 aliphatic carbocycles. The fraction of sp³-hybridized carbons (Fsp3) is 0.400. The van der Waals surface area contributed by atoms with Crippen LogP contribution in [0, 0.1) is 0 Å². The maximum absolute atomic E-state index is 11.7. The molecule has 1 N–H and O–H groups in total. The summed E-state index contributed by atoms with van der Waals surface area (Å²) in [5, 5.41) is 3.39. The topological polar surface area (TPSA) is 66.5 Å². The number of carbonyl (C=O) groups excluding carboxylic acids is 3. The minimum atomic E-state index is -0.142. The van der Waals surface area contributed by atoms with E-state index in [1.165, 1.54) is 4.90 Å². The highest BCUT2D eigenvalue weighted by molar-refractivity contribution is 6.31. The molecule has 1 saturated heterocycles. The molecule has 0 bridgehead atoms. The summed E-state index contributed by atoms with van der Waals surface area (Å²) in [5.74, 6) is -0.401. The Hall–Kier alpha value is -1.88. The maximum atomic E-state index is 11.7. The van der Waals surface area contributed by atoms with Crippen molar-refractivity contribution < 1.29 is 14.4 Å². The number of nitrogens with one attached hydrogen (secondary N) is 1. The number of likely N-dealkylation sites (tertiary alicyclic amines) is 1. The van der Waals surface area contributed by atoms with Crippen molar-refractivity contribution in [3.8, 4) is 0 Å². The van der Waals surface area contributed by atoms with Crippen molar-refractivity contribution in [2.75, 3.05) is 6.54 Å². The zero-order chi connectivity index (χ0) is 15.2. The van der Waals surface area contributed by atoms with Crippen LogP contribution in [0.3, 0.4) is 0 Å². The monoisotopic (exact) mass is 308 g/mol. The second-order valence-electron chi connectivity index (χ2n) is 4.91. The Labute approximate surface area is 128 Å². The summed E-state index contributed by atoms with van der Waals surface area (Å²) >= 11 is 6.00. The van der Waals surface area contributed by atoms with E-state index >= 15 is 0 Å². The maximum Gasteiger partial charge on any atom is 0.229 e. The van der Waals surface area contributed by atoms with Gasteiger partial charge in [0.1, 0.15) is 0 Å². The summed E-state index contributed by atoms with van der Waals surface area (Å²) in [6.07, 6.45) is 1.34. The second kappa shape index (κ2) is 7.22. The molecule has 1 aromatic rings. The predicted octanol–water partition coefficient (Wildman–Crippen LogP) is 1.89. The van der Waals surface area contributed by atoms with E-state index in [2.05, 4.69) is 5.32 Å². The van der Waals surface area contributed by atoms with Gasteiger partial charge in [-0.1, -0.05) is 29.8 Å². The second-order valence-corrected chi connectivity index (χ2v) is 5.32. The molecule has 3 amide bonds. The normalized spacial score (nSPS) is 14.6. The van der Waals surface area contributed by atoms with Crippen LogP contribution in [0.2, 0.25) is 5.02 Å². The zero-order valence-electron chi connectivity index (χ0n) is 11.6. The fourth-order valence-corrected chi connectivity index (χ4v) is 2.40. The van der Waals surface area contributed by atoms with Crippen LogP contribution in [0.5, 0.6) is 0 Å². The molecule has 5 nitrogen and oxygen atoms in total. The summed E-state index contributed by atoms with van der Waals surface area (Å²) in [4.78, 5) is 35.8. The number of nitrogens with zero attached hydrogens (tertiary/aromatic N) is 1. The third-order valence-electron chi connectivity index (χ3n) is 3.37. The SMILES string of the molecule is O=C(CCCN1C(=O)CCC1=O)NCc1ccccc1Cl. The molecule has 0 aromatic heterocycles. The molecule has 1 aliphatic rings. The Bertz CT molecular complexity index is 544. The zero-order valence-corrected chi connectivity index (χ0v) is 12.4. The number of carbonyl (C=O) groups is 3. The van der Waals surface area contributed by atoms with E-state index in [9.17, 15) is 14.4 Å². The lowest BCUT2D eigenvalue weighted by molar-refractivity contribution is -0.138. The van der Waals surface area contributed by atoms with Crippen molar-refractivity contribution >= 4 is 29.3 Å². The van der Waals surface area contributed by atoms with Gasteiger partial charge < -0.3 is 5.32 Å². The predicted molar refractivity (Wildman–Crippen MR) is 78.5 cm³/mol. The molecular weight excluding hydrogens is 292 g/mol. The lowest BCUT2D eigenvalue weighted by Gasteiger charge is -2.13. The van der Waals surface area contributed by atoms with E-state index in [-0.39, 0.29) is 37.0 Å². The van der Waals surface area contributed by atoms with Crippen LogP contribution in [-0.4, -0.2) is 29.2 Å². The number of hydrogen-bond acceptors (Lipinski definition) is 3. The largest absolute Gasteiger partial charge is 0.352 e. The Morgan fingerprint density at radius 1 is 1.19 bits per heavy atom. The summed E-state index contributed by atoms with van der Waals surface area (Å²) in [6, 6.07) is 7.31. The molecule has 6 heteroatoms. The standard InChI is InChI=1S/C15H17ClN2O3/c16-12-5-2-1-4-11(12)10-17-13(19)6-3-9-18-14(20)7-8-15(18)21/h1-2,4-5H,3,6-10H2,(H,17,19). The van der Waals surface area contributed by atoms with E-state index in [4.69, 9.17) is 11.6 Å². The van der Waals surface area contributed by atoms with Gasteiger partial charge in [-0.05, 0) is 18.1 Å². The highest BCUT2D eigenvalue weighted by Crippen LogP contribution is 2.15. The molecule has 1 aromatic carbocycles. The fourth-order valence-electron chi connectivity index (χ4n) is 2.19. The first kappa shape index (κ1) is 15.5. The third-order valence-corrected chi connectivity index (χ3v) is 3.74. The van der Waals surface area contributed by atoms with E-state index in [0.29, 0.717) is 24.5 Å². The van der Waals surface area contributed by atoms with Gasteiger partial charge in [0.05, 0.1) is 0 Å². The van der Waals surface area contributed by atoms with Gasteiger partial charge in [-0.2, -0.15) is 0 Å². The molecular formula is C15H17ClN2O3. The number of halogens is 1. The summed E-state index contributed by atoms with van der Waals surface area (Å²) < 4.78 is 0. The van der Waals surface area contributed by atoms with E-state index in [1.54, 1.807) is 6.07 Å². The minimum Gasteiger partial charge on any atom is -0.352 e. The average molecular weight is 309 g/mol. The van der Waals surface area contributed by atoms with Crippen LogP contribution in [0.15, 0.2) is 24.3 Å². The Balaban J connectivity index is 1.69. The molecule has 0 unspecified atom stereocenters. The number of amides is 3. The lowest BCUT2D eigenvalue weighted by atomic mass is 10.2. The number of imide groups is 1. The molecule has 0 saturated carbocycles. The molecule has 0 atom stereocenters. The van der Waals surface area contributed by atoms with Gasteiger partial charge in [0.2, 0.25) is 17.7 Å². The van der Waals surface area contributed by atoms with Crippen molar-refractivity contribution in [3.63, 3.8) is 0 Å². The highest BCUT2D eigenvalue weighted by Gasteiger charge is 2.28. The first-order chi connectivity index (χ1) is 10.1. The molecule has 21 heavy (non-hydrogen) atoms. The van der Waals surface area contributed by atoms with Gasteiger partial charge in [-0.3, -0.25) is 19.3 Å². The number of benzene rings is 1. The minimum absolute atomic E-state index is 0.117. The van der Waals surface area contributed by atoms with E-state index < -0.39 is 0 Å². The summed E-state index contributed by atoms with van der Waals surface area (Å²) in [6.45, 7) is 0.692. The van der Waals surface area contributed by atoms with Gasteiger partial charge in [0.25, 0.3) is 0 Å². The van der Waals surface area contributed by atoms with E-state index in [0.717, 1.165) is 5.56 Å². The Kier molecular flexibility index (Phi) is 5.33. The molecule has 1 fully saturated rings. The van der Waals surface area contributed by atoms with Gasteiger partial charge in [-0.15, -0.1) is 0 Å². The summed E-state index contributed by atoms with van der Waals surface area (Å²) in [5.41, 5.74) is 0.859. The molecule has 0 radical (unpaired) electrons. The van der Waals surface area contributed by atoms with Crippen LogP contribution in [0.4, 0.5) is 0 Å². The van der Waals surface area contributed by atoms with Crippen LogP contribution in [0.25, 0.3) is 0 Å². The lowest BCUT2D eigenvalue weighted by Crippen LogP contribution is -2.31. The van der Waals surface area contributed by atoms with Crippen LogP contribution in [-0.2, 0) is 20.9 Å². The molecule has 1 heterocycles. The van der Waals surface area contributed by atoms with Gasteiger partial charge >= 0.3 is 0 Å². The average Bonchev–Trinajstić information content (AvgIpc) is 2.78. The van der Waals surface area contributed by atoms with Crippen LogP contribution >= 0.6 is 11.6 Å². The smallest absolute Gasteiger partial charge is 0.229 e. The van der Waals surface area contributed by atoms with Crippen molar-refractivity contribution in [1.82, 2.24) is 10.2 Å². The number of rotatable bonds is 6. The van der Waals surface area contributed by atoms with Gasteiger partial charge in [0, 0.05) is 37.4 Å². The van der Waals surface area contributed by atoms with Gasteiger partial charge in [-0.25, -0.2) is 0 Å². The molecule has 112 valence electrons. The van der Waals surface area contributed by atoms with Crippen LogP contribution in [0.1, 0.15) is 31.2 Å². The van der Waals surface area contributed by atoms with Crippen molar-refractivity contribution in [2.45, 2.75) is 32.2 Å². The first-order valence-corrected chi connectivity index (χ1v) is 7.29. The Morgan fingerprint density at radius 2 is 1.86 bits per heavy atom. The van der Waals surface area contributed by atoms with Crippen molar-refractivity contribution in [2.24, 2.45) is 0 Å². The van der Waals surface area contributed by atoms with Crippen molar-refractivity contribution in [1.29, 1.82) is 0 Å². The van der Waals surface area contributed by atoms with Crippen molar-refractivity contribution in [3.05, 3.63) is 34.9 Å². The molecule has 2 rings (SSSR count). The molecule has 1 aliphatic heterocycles. The summed E-state index contributed by atoms with van der Waals surface area (Å²) in [7, 11) is 0. The van der Waals surface area contributed by atoms with E-state index in [1.807, 2.05) is 18.2 Å². The van der Waals surface area contributed by atoms with Crippen LogP contribution < -0.4 is 5.32 Å². The third kappa shape index (κ3) is 4.29.